The van der Waals surface area contributed by atoms with Crippen LogP contribution in [0.25, 0.3) is 0 Å². The Balaban J connectivity index is 2.32. The highest BCUT2D eigenvalue weighted by atomic mass is 35.7. The molecule has 2 rings (SSSR count). The molecule has 0 unspecified atom stereocenters. The molecule has 0 aliphatic heterocycles. The van der Waals surface area contributed by atoms with E-state index in [4.69, 9.17) is 15.4 Å². The van der Waals surface area contributed by atoms with Crippen LogP contribution in [0.1, 0.15) is 16.1 Å². The minimum absolute atomic E-state index is 0.0361. The fraction of sp³-hybridized carbons (Fsp3) is 0.143. The first-order valence-corrected chi connectivity index (χ1v) is 8.43. The number of benzene rings is 1. The monoisotopic (exact) mass is 341 g/mol. The summed E-state index contributed by atoms with van der Waals surface area (Å²) in [7, 11) is 2.44. The predicted octanol–water partition coefficient (Wildman–Crippen LogP) is 2.37. The van der Waals surface area contributed by atoms with Gasteiger partial charge in [0.25, 0.3) is 9.05 Å². The van der Waals surface area contributed by atoms with Crippen molar-refractivity contribution in [3.63, 3.8) is 0 Å². The van der Waals surface area contributed by atoms with E-state index in [0.717, 1.165) is 24.8 Å². The third-order valence-electron chi connectivity index (χ3n) is 2.68. The molecule has 0 spiro atoms. The second-order valence-electron chi connectivity index (χ2n) is 4.23. The van der Waals surface area contributed by atoms with Gasteiger partial charge in [-0.3, -0.25) is 0 Å². The largest absolute Gasteiger partial charge is 0.473 e. The van der Waals surface area contributed by atoms with Gasteiger partial charge in [0.05, 0.1) is 12.0 Å². The molecular formula is C14H12ClNO5S. The average molecular weight is 342 g/mol. The maximum Gasteiger partial charge on any atom is 0.356 e. The van der Waals surface area contributed by atoms with Gasteiger partial charge in [-0.2, -0.15) is 0 Å². The molecule has 0 saturated heterocycles. The number of rotatable bonds is 5. The number of hydrogen-bond donors (Lipinski definition) is 0. The number of nitrogens with zero attached hydrogens (tertiary/aromatic N) is 1. The maximum atomic E-state index is 11.5. The molecule has 22 heavy (non-hydrogen) atoms. The fourth-order valence-corrected chi connectivity index (χ4v) is 2.40. The van der Waals surface area contributed by atoms with Crippen molar-refractivity contribution in [1.82, 2.24) is 4.98 Å². The quantitative estimate of drug-likeness (QED) is 0.613. The second kappa shape index (κ2) is 6.76. The zero-order valence-corrected chi connectivity index (χ0v) is 13.1. The van der Waals surface area contributed by atoms with E-state index >= 15 is 0 Å². The molecule has 0 atom stereocenters. The Hall–Kier alpha value is -2.12. The molecule has 8 heteroatoms. The number of methoxy groups -OCH3 is 1. The van der Waals surface area contributed by atoms with Crippen LogP contribution in [0.4, 0.5) is 0 Å². The average Bonchev–Trinajstić information content (AvgIpc) is 2.52. The number of carbonyl (C=O) groups excluding carboxylic acids is 1. The lowest BCUT2D eigenvalue weighted by molar-refractivity contribution is 0.0592. The summed E-state index contributed by atoms with van der Waals surface area (Å²) in [5.74, 6) is -0.822. The van der Waals surface area contributed by atoms with Crippen molar-refractivity contribution in [2.24, 2.45) is 0 Å². The smallest absolute Gasteiger partial charge is 0.356 e. The standard InChI is InChI=1S/C14H12ClNO5S/c1-20-14(17)12-7-11(22(15,18)19)8-13(16-12)21-9-10-5-3-2-4-6-10/h2-8H,9H2,1H3. The Kier molecular flexibility index (Phi) is 4.99. The van der Waals surface area contributed by atoms with Crippen LogP contribution in [-0.4, -0.2) is 26.5 Å². The van der Waals surface area contributed by atoms with E-state index in [1.54, 1.807) is 0 Å². The van der Waals surface area contributed by atoms with E-state index in [2.05, 4.69) is 9.72 Å². The lowest BCUT2D eigenvalue weighted by Gasteiger charge is -2.08. The van der Waals surface area contributed by atoms with E-state index in [9.17, 15) is 13.2 Å². The lowest BCUT2D eigenvalue weighted by Crippen LogP contribution is -2.08. The first-order chi connectivity index (χ1) is 10.4. The number of esters is 1. The van der Waals surface area contributed by atoms with Gasteiger partial charge >= 0.3 is 5.97 Å². The van der Waals surface area contributed by atoms with Crippen LogP contribution >= 0.6 is 10.7 Å². The van der Waals surface area contributed by atoms with Gasteiger partial charge in [0.15, 0.2) is 5.69 Å². The summed E-state index contributed by atoms with van der Waals surface area (Å²) in [6.07, 6.45) is 0. The Morgan fingerprint density at radius 1 is 1.23 bits per heavy atom. The topological polar surface area (TPSA) is 82.6 Å². The van der Waals surface area contributed by atoms with Gasteiger partial charge in [-0.1, -0.05) is 30.3 Å². The van der Waals surface area contributed by atoms with Crippen molar-refractivity contribution >= 4 is 25.7 Å². The van der Waals surface area contributed by atoms with Crippen LogP contribution in [0.3, 0.4) is 0 Å². The first kappa shape index (κ1) is 16.3. The van der Waals surface area contributed by atoms with Crippen LogP contribution in [-0.2, 0) is 20.4 Å². The van der Waals surface area contributed by atoms with Gasteiger partial charge in [-0.15, -0.1) is 0 Å². The summed E-state index contributed by atoms with van der Waals surface area (Å²) >= 11 is 0. The molecule has 1 heterocycles. The first-order valence-electron chi connectivity index (χ1n) is 6.12. The van der Waals surface area contributed by atoms with Crippen molar-refractivity contribution in [3.8, 4) is 5.88 Å². The number of pyridine rings is 1. The molecule has 6 nitrogen and oxygen atoms in total. The fourth-order valence-electron chi connectivity index (χ4n) is 1.64. The highest BCUT2D eigenvalue weighted by Crippen LogP contribution is 2.22. The van der Waals surface area contributed by atoms with Crippen molar-refractivity contribution in [1.29, 1.82) is 0 Å². The van der Waals surface area contributed by atoms with Gasteiger partial charge < -0.3 is 9.47 Å². The van der Waals surface area contributed by atoms with Crippen molar-refractivity contribution in [3.05, 3.63) is 53.7 Å². The van der Waals surface area contributed by atoms with Gasteiger partial charge in [0.1, 0.15) is 6.61 Å². The van der Waals surface area contributed by atoms with E-state index in [0.29, 0.717) is 0 Å². The predicted molar refractivity (Wildman–Crippen MR) is 79.4 cm³/mol. The molecule has 0 fully saturated rings. The Morgan fingerprint density at radius 3 is 2.50 bits per heavy atom. The van der Waals surface area contributed by atoms with Crippen molar-refractivity contribution in [2.75, 3.05) is 7.11 Å². The summed E-state index contributed by atoms with van der Waals surface area (Å²) < 4.78 is 32.9. The maximum absolute atomic E-state index is 11.5. The number of hydrogen-bond acceptors (Lipinski definition) is 6. The van der Waals surface area contributed by atoms with Gasteiger partial charge in [-0.05, 0) is 11.6 Å². The van der Waals surface area contributed by atoms with Gasteiger partial charge in [0.2, 0.25) is 5.88 Å². The second-order valence-corrected chi connectivity index (χ2v) is 6.80. The third-order valence-corrected chi connectivity index (χ3v) is 4.01. The molecule has 0 aliphatic carbocycles. The number of ether oxygens (including phenoxy) is 2. The number of halogens is 1. The van der Waals surface area contributed by atoms with Crippen LogP contribution in [0.5, 0.6) is 5.88 Å². The SMILES string of the molecule is COC(=O)c1cc(S(=O)(=O)Cl)cc(OCc2ccccc2)n1. The van der Waals surface area contributed by atoms with Crippen LogP contribution in [0.2, 0.25) is 0 Å². The summed E-state index contributed by atoms with van der Waals surface area (Å²) in [6.45, 7) is 0.167. The highest BCUT2D eigenvalue weighted by Gasteiger charge is 2.18. The summed E-state index contributed by atoms with van der Waals surface area (Å²) in [5, 5.41) is 0. The molecule has 0 radical (unpaired) electrons. The molecule has 0 bridgehead atoms. The number of aromatic nitrogens is 1. The molecule has 0 saturated carbocycles. The molecule has 116 valence electrons. The molecule has 0 amide bonds. The van der Waals surface area contributed by atoms with Gasteiger partial charge in [0, 0.05) is 16.7 Å². The van der Waals surface area contributed by atoms with Crippen molar-refractivity contribution < 1.29 is 22.7 Å². The molecule has 0 aliphatic rings. The van der Waals surface area contributed by atoms with E-state index in [1.807, 2.05) is 30.3 Å². The molecular weight excluding hydrogens is 330 g/mol. The molecule has 0 N–H and O–H groups in total. The van der Waals surface area contributed by atoms with E-state index in [-0.39, 0.29) is 23.1 Å². The van der Waals surface area contributed by atoms with Crippen LogP contribution in [0.15, 0.2) is 47.4 Å². The van der Waals surface area contributed by atoms with Gasteiger partial charge in [-0.25, -0.2) is 18.2 Å². The van der Waals surface area contributed by atoms with Crippen molar-refractivity contribution in [2.45, 2.75) is 11.5 Å². The van der Waals surface area contributed by atoms with E-state index in [1.165, 1.54) is 0 Å². The van der Waals surface area contributed by atoms with Crippen LogP contribution in [0, 0.1) is 0 Å². The Bertz CT molecular complexity index is 777. The third kappa shape index (κ3) is 4.19. The Morgan fingerprint density at radius 2 is 1.91 bits per heavy atom. The summed E-state index contributed by atoms with van der Waals surface area (Å²) in [4.78, 5) is 15.2. The molecule has 2 aromatic rings. The summed E-state index contributed by atoms with van der Waals surface area (Å²) in [5.41, 5.74) is 0.662. The van der Waals surface area contributed by atoms with E-state index < -0.39 is 15.0 Å². The molecule has 1 aromatic carbocycles. The summed E-state index contributed by atoms with van der Waals surface area (Å²) in [6, 6.07) is 11.4. The number of carbonyl (C=O) groups is 1. The lowest BCUT2D eigenvalue weighted by atomic mass is 10.2. The minimum atomic E-state index is -4.03. The normalized spacial score (nSPS) is 11.0. The Labute approximate surface area is 132 Å². The zero-order valence-electron chi connectivity index (χ0n) is 11.5. The minimum Gasteiger partial charge on any atom is -0.473 e. The zero-order chi connectivity index (χ0) is 16.2. The molecule has 1 aromatic heterocycles. The van der Waals surface area contributed by atoms with Crippen LogP contribution < -0.4 is 4.74 Å². The highest BCUT2D eigenvalue weighted by molar-refractivity contribution is 8.13.